The van der Waals surface area contributed by atoms with Crippen molar-refractivity contribution in [2.75, 3.05) is 12.4 Å². The van der Waals surface area contributed by atoms with Crippen LogP contribution in [-0.4, -0.2) is 27.1 Å². The Hall–Kier alpha value is -1.39. The van der Waals surface area contributed by atoms with Crippen molar-refractivity contribution in [3.63, 3.8) is 0 Å². The van der Waals surface area contributed by atoms with Gasteiger partial charge in [0, 0.05) is 7.05 Å². The maximum atomic E-state index is 8.82. The molecule has 1 aromatic heterocycles. The third-order valence-electron chi connectivity index (χ3n) is 0.959. The number of rotatable bonds is 1. The van der Waals surface area contributed by atoms with Gasteiger partial charge in [0.05, 0.1) is 0 Å². The molecule has 0 aliphatic rings. The summed E-state index contributed by atoms with van der Waals surface area (Å²) in [6.45, 7) is 1.68. The average molecular weight is 140 g/mol. The van der Waals surface area contributed by atoms with Gasteiger partial charge in [-0.05, 0) is 6.92 Å². The molecule has 0 fully saturated rings. The molecule has 0 spiro atoms. The Labute approximate surface area is 58.2 Å². The normalized spacial score (nSPS) is 9.40. The van der Waals surface area contributed by atoms with Crippen LogP contribution < -0.4 is 5.32 Å². The van der Waals surface area contributed by atoms with Crippen molar-refractivity contribution < 1.29 is 5.11 Å². The molecule has 10 heavy (non-hydrogen) atoms. The summed E-state index contributed by atoms with van der Waals surface area (Å²) in [7, 11) is 1.67. The summed E-state index contributed by atoms with van der Waals surface area (Å²) in [5.41, 5.74) is 0. The lowest BCUT2D eigenvalue weighted by molar-refractivity contribution is 0.427. The number of aromatic nitrogens is 3. The molecule has 0 aliphatic carbocycles. The van der Waals surface area contributed by atoms with Crippen LogP contribution in [0.25, 0.3) is 0 Å². The maximum absolute atomic E-state index is 8.82. The van der Waals surface area contributed by atoms with Gasteiger partial charge in [-0.25, -0.2) is 0 Å². The molecule has 0 amide bonds. The Balaban J connectivity index is 3.06. The number of aryl methyl sites for hydroxylation is 1. The molecule has 5 nitrogen and oxygen atoms in total. The zero-order chi connectivity index (χ0) is 7.56. The fraction of sp³-hybridized carbons (Fsp3) is 0.400. The summed E-state index contributed by atoms with van der Waals surface area (Å²) in [6, 6.07) is -0.253. The number of hydrogen-bond donors (Lipinski definition) is 2. The molecule has 0 bridgehead atoms. The topological polar surface area (TPSA) is 70.9 Å². The van der Waals surface area contributed by atoms with Crippen molar-refractivity contribution >= 4 is 5.95 Å². The summed E-state index contributed by atoms with van der Waals surface area (Å²) in [5, 5.41) is 11.5. The highest BCUT2D eigenvalue weighted by molar-refractivity contribution is 5.23. The second kappa shape index (κ2) is 2.47. The number of aromatic hydroxyl groups is 1. The van der Waals surface area contributed by atoms with Crippen LogP contribution in [-0.2, 0) is 0 Å². The molecule has 0 atom stereocenters. The van der Waals surface area contributed by atoms with Crippen LogP contribution in [0.15, 0.2) is 0 Å². The van der Waals surface area contributed by atoms with Crippen molar-refractivity contribution in [2.24, 2.45) is 0 Å². The van der Waals surface area contributed by atoms with Crippen molar-refractivity contribution in [3.8, 4) is 6.01 Å². The molecule has 0 aromatic carbocycles. The summed E-state index contributed by atoms with van der Waals surface area (Å²) >= 11 is 0. The number of nitrogens with one attached hydrogen (secondary N) is 1. The van der Waals surface area contributed by atoms with E-state index in [0.717, 1.165) is 0 Å². The standard InChI is InChI=1S/C5H8N4O/c1-3-7-4(6-2)9-5(10)8-3/h1-2H3,(H2,6,7,8,9,10). The van der Waals surface area contributed by atoms with Gasteiger partial charge >= 0.3 is 6.01 Å². The highest BCUT2D eigenvalue weighted by atomic mass is 16.3. The van der Waals surface area contributed by atoms with E-state index in [9.17, 15) is 0 Å². The van der Waals surface area contributed by atoms with E-state index in [-0.39, 0.29) is 6.01 Å². The van der Waals surface area contributed by atoms with Crippen molar-refractivity contribution in [3.05, 3.63) is 5.82 Å². The maximum Gasteiger partial charge on any atom is 0.318 e. The van der Waals surface area contributed by atoms with Gasteiger partial charge in [-0.15, -0.1) is 0 Å². The Morgan fingerprint density at radius 1 is 1.30 bits per heavy atom. The summed E-state index contributed by atoms with van der Waals surface area (Å²) < 4.78 is 0. The first-order chi connectivity index (χ1) is 4.72. The van der Waals surface area contributed by atoms with Crippen LogP contribution in [0, 0.1) is 6.92 Å². The molecule has 1 heterocycles. The first-order valence-corrected chi connectivity index (χ1v) is 2.82. The predicted octanol–water partition coefficient (Wildman–Crippen LogP) is -0.0727. The van der Waals surface area contributed by atoms with Crippen LogP contribution in [0.5, 0.6) is 6.01 Å². The molecule has 0 radical (unpaired) electrons. The Bertz CT molecular complexity index is 217. The molecule has 1 rings (SSSR count). The minimum Gasteiger partial charge on any atom is -0.479 e. The molecule has 0 saturated carbocycles. The zero-order valence-electron chi connectivity index (χ0n) is 5.79. The average Bonchev–Trinajstić information content (AvgIpc) is 1.85. The smallest absolute Gasteiger partial charge is 0.318 e. The summed E-state index contributed by atoms with van der Waals surface area (Å²) in [6.07, 6.45) is 0. The van der Waals surface area contributed by atoms with Gasteiger partial charge in [-0.2, -0.15) is 15.0 Å². The Morgan fingerprint density at radius 3 is 2.50 bits per heavy atom. The van der Waals surface area contributed by atoms with E-state index in [1.807, 2.05) is 0 Å². The quantitative estimate of drug-likeness (QED) is 0.571. The van der Waals surface area contributed by atoms with Crippen LogP contribution in [0.1, 0.15) is 5.82 Å². The zero-order valence-corrected chi connectivity index (χ0v) is 5.79. The van der Waals surface area contributed by atoms with Gasteiger partial charge in [-0.1, -0.05) is 0 Å². The summed E-state index contributed by atoms with van der Waals surface area (Å²) in [5.74, 6) is 0.877. The van der Waals surface area contributed by atoms with Gasteiger partial charge in [-0.3, -0.25) is 0 Å². The number of anilines is 1. The third-order valence-corrected chi connectivity index (χ3v) is 0.959. The SMILES string of the molecule is CNc1nc(C)nc(O)n1. The lowest BCUT2D eigenvalue weighted by Crippen LogP contribution is -1.99. The van der Waals surface area contributed by atoms with E-state index in [2.05, 4.69) is 20.3 Å². The summed E-state index contributed by atoms with van der Waals surface area (Å²) in [4.78, 5) is 11.0. The molecule has 0 unspecified atom stereocenters. The molecule has 5 heteroatoms. The van der Waals surface area contributed by atoms with E-state index in [1.165, 1.54) is 0 Å². The van der Waals surface area contributed by atoms with Crippen molar-refractivity contribution in [1.82, 2.24) is 15.0 Å². The monoisotopic (exact) mass is 140 g/mol. The third kappa shape index (κ3) is 1.31. The van der Waals surface area contributed by atoms with Crippen molar-refractivity contribution in [2.45, 2.75) is 6.92 Å². The van der Waals surface area contributed by atoms with E-state index in [4.69, 9.17) is 5.11 Å². The van der Waals surface area contributed by atoms with Crippen LogP contribution in [0.2, 0.25) is 0 Å². The second-order valence-corrected chi connectivity index (χ2v) is 1.76. The van der Waals surface area contributed by atoms with E-state index in [0.29, 0.717) is 11.8 Å². The lowest BCUT2D eigenvalue weighted by atomic mass is 10.7. The fourth-order valence-corrected chi connectivity index (χ4v) is 0.580. The van der Waals surface area contributed by atoms with Gasteiger partial charge in [0.15, 0.2) is 0 Å². The highest BCUT2D eigenvalue weighted by Gasteiger charge is 1.97. The van der Waals surface area contributed by atoms with Crippen molar-refractivity contribution in [1.29, 1.82) is 0 Å². The van der Waals surface area contributed by atoms with E-state index in [1.54, 1.807) is 14.0 Å². The molecule has 2 N–H and O–H groups in total. The largest absolute Gasteiger partial charge is 0.479 e. The first kappa shape index (κ1) is 6.73. The minimum absolute atomic E-state index is 0.253. The van der Waals surface area contributed by atoms with Gasteiger partial charge in [0.1, 0.15) is 5.82 Å². The van der Waals surface area contributed by atoms with Crippen LogP contribution in [0.4, 0.5) is 5.95 Å². The molecular weight excluding hydrogens is 132 g/mol. The lowest BCUT2D eigenvalue weighted by Gasteiger charge is -1.97. The molecule has 0 saturated heterocycles. The van der Waals surface area contributed by atoms with Gasteiger partial charge < -0.3 is 10.4 Å². The van der Waals surface area contributed by atoms with E-state index < -0.39 is 0 Å². The molecular formula is C5H8N4O. The highest BCUT2D eigenvalue weighted by Crippen LogP contribution is 2.02. The second-order valence-electron chi connectivity index (χ2n) is 1.76. The Morgan fingerprint density at radius 2 is 2.00 bits per heavy atom. The van der Waals surface area contributed by atoms with E-state index >= 15 is 0 Å². The van der Waals surface area contributed by atoms with Gasteiger partial charge in [0.2, 0.25) is 5.95 Å². The predicted molar refractivity (Wildman–Crippen MR) is 35.8 cm³/mol. The Kier molecular flexibility index (Phi) is 1.66. The molecule has 1 aromatic rings. The van der Waals surface area contributed by atoms with Crippen LogP contribution >= 0.6 is 0 Å². The fourth-order valence-electron chi connectivity index (χ4n) is 0.580. The molecule has 54 valence electrons. The van der Waals surface area contributed by atoms with Crippen LogP contribution in [0.3, 0.4) is 0 Å². The minimum atomic E-state index is -0.253. The first-order valence-electron chi connectivity index (χ1n) is 2.82. The van der Waals surface area contributed by atoms with Gasteiger partial charge in [0.25, 0.3) is 0 Å². The molecule has 0 aliphatic heterocycles. The number of nitrogens with zero attached hydrogens (tertiary/aromatic N) is 3. The number of hydrogen-bond acceptors (Lipinski definition) is 5.